The summed E-state index contributed by atoms with van der Waals surface area (Å²) in [5, 5.41) is 13.2. The number of amides is 1. The lowest BCUT2D eigenvalue weighted by atomic mass is 10.3. The molecule has 0 aliphatic carbocycles. The Bertz CT molecular complexity index is 994. The number of ether oxygens (including phenoxy) is 1. The minimum absolute atomic E-state index is 0.0229. The van der Waals surface area contributed by atoms with Gasteiger partial charge >= 0.3 is 0 Å². The van der Waals surface area contributed by atoms with Crippen LogP contribution in [-0.2, 0) is 14.8 Å². The summed E-state index contributed by atoms with van der Waals surface area (Å²) in [6, 6.07) is 9.05. The van der Waals surface area contributed by atoms with Gasteiger partial charge in [-0.3, -0.25) is 14.9 Å². The Morgan fingerprint density at radius 3 is 2.57 bits per heavy atom. The number of nitrogens with one attached hydrogen (secondary N) is 2. The van der Waals surface area contributed by atoms with Crippen molar-refractivity contribution in [3.8, 4) is 5.75 Å². The molecule has 2 aromatic carbocycles. The summed E-state index contributed by atoms with van der Waals surface area (Å²) in [5.74, 6) is -0.436. The quantitative estimate of drug-likeness (QED) is 0.492. The molecule has 11 heteroatoms. The zero-order valence-corrected chi connectivity index (χ0v) is 16.6. The Morgan fingerprint density at radius 1 is 1.25 bits per heavy atom. The van der Waals surface area contributed by atoms with Crippen LogP contribution in [0.15, 0.2) is 47.4 Å². The lowest BCUT2D eigenvalue weighted by Crippen LogP contribution is -2.30. The highest BCUT2D eigenvalue weighted by molar-refractivity contribution is 7.89. The van der Waals surface area contributed by atoms with Crippen molar-refractivity contribution in [3.05, 3.63) is 57.6 Å². The topological polar surface area (TPSA) is 128 Å². The molecule has 2 N–H and O–H groups in total. The number of non-ortho nitro benzene ring substituents is 1. The number of nitro groups is 1. The maximum Gasteiger partial charge on any atom is 0.271 e. The first-order valence-corrected chi connectivity index (χ1v) is 9.93. The fourth-order valence-electron chi connectivity index (χ4n) is 2.18. The first-order chi connectivity index (χ1) is 13.1. The Balaban J connectivity index is 2.02. The summed E-state index contributed by atoms with van der Waals surface area (Å²) in [6.45, 7) is 2.96. The van der Waals surface area contributed by atoms with Crippen molar-refractivity contribution in [2.24, 2.45) is 0 Å². The Labute approximate surface area is 166 Å². The number of benzene rings is 2. The smallest absolute Gasteiger partial charge is 0.271 e. The fraction of sp³-hybridized carbons (Fsp3) is 0.235. The number of hydrogen-bond donors (Lipinski definition) is 2. The number of halogens is 1. The molecule has 0 spiro atoms. The van der Waals surface area contributed by atoms with Crippen LogP contribution < -0.4 is 14.8 Å². The second-order valence-electron chi connectivity index (χ2n) is 6.01. The van der Waals surface area contributed by atoms with Crippen LogP contribution in [0.1, 0.15) is 13.8 Å². The van der Waals surface area contributed by atoms with E-state index < -0.39 is 27.5 Å². The summed E-state index contributed by atoms with van der Waals surface area (Å²) in [7, 11) is -3.71. The average molecular weight is 428 g/mol. The molecule has 0 saturated carbocycles. The van der Waals surface area contributed by atoms with Gasteiger partial charge in [-0.2, -0.15) is 0 Å². The number of hydrogen-bond acceptors (Lipinski definition) is 6. The third-order valence-electron chi connectivity index (χ3n) is 3.30. The second-order valence-corrected chi connectivity index (χ2v) is 8.13. The van der Waals surface area contributed by atoms with Crippen molar-refractivity contribution in [2.75, 3.05) is 11.9 Å². The second kappa shape index (κ2) is 9.00. The maximum absolute atomic E-state index is 12.1. The van der Waals surface area contributed by atoms with Gasteiger partial charge in [0.2, 0.25) is 10.0 Å². The highest BCUT2D eigenvalue weighted by Gasteiger charge is 2.17. The van der Waals surface area contributed by atoms with E-state index in [1.54, 1.807) is 13.8 Å². The molecule has 1 amide bonds. The fourth-order valence-corrected chi connectivity index (χ4v) is 3.76. The molecule has 2 aromatic rings. The van der Waals surface area contributed by atoms with Crippen LogP contribution in [0.5, 0.6) is 5.75 Å². The van der Waals surface area contributed by atoms with E-state index in [0.717, 1.165) is 0 Å². The van der Waals surface area contributed by atoms with E-state index >= 15 is 0 Å². The first kappa shape index (κ1) is 21.6. The van der Waals surface area contributed by atoms with E-state index in [9.17, 15) is 23.3 Å². The van der Waals surface area contributed by atoms with Crippen molar-refractivity contribution in [2.45, 2.75) is 24.8 Å². The molecule has 0 bridgehead atoms. The van der Waals surface area contributed by atoms with Gasteiger partial charge in [-0.25, -0.2) is 13.1 Å². The monoisotopic (exact) mass is 427 g/mol. The van der Waals surface area contributed by atoms with E-state index in [1.165, 1.54) is 42.5 Å². The van der Waals surface area contributed by atoms with Gasteiger partial charge in [-0.05, 0) is 38.1 Å². The molecule has 150 valence electrons. The molecule has 9 nitrogen and oxygen atoms in total. The van der Waals surface area contributed by atoms with Crippen molar-refractivity contribution >= 4 is 38.9 Å². The van der Waals surface area contributed by atoms with Crippen LogP contribution >= 0.6 is 11.6 Å². The maximum atomic E-state index is 12.1. The minimum atomic E-state index is -3.71. The summed E-state index contributed by atoms with van der Waals surface area (Å²) < 4.78 is 32.0. The van der Waals surface area contributed by atoms with Gasteiger partial charge in [0, 0.05) is 23.9 Å². The number of carbonyl (C=O) groups is 1. The molecule has 0 atom stereocenters. The van der Waals surface area contributed by atoms with Gasteiger partial charge < -0.3 is 10.1 Å². The zero-order chi connectivity index (χ0) is 20.9. The molecule has 0 aliphatic rings. The van der Waals surface area contributed by atoms with E-state index in [4.69, 9.17) is 16.3 Å². The molecular formula is C17H18ClN3O6S. The van der Waals surface area contributed by atoms with Crippen molar-refractivity contribution in [3.63, 3.8) is 0 Å². The number of nitrogens with zero attached hydrogens (tertiary/aromatic N) is 1. The standard InChI is InChI=1S/C17H18ClN3O6S/c1-11(2)20-28(25,26)14-6-7-16(15(18)9-14)27-10-17(22)19-12-4-3-5-13(8-12)21(23)24/h3-9,11,20H,10H2,1-2H3,(H,19,22). The van der Waals surface area contributed by atoms with Crippen molar-refractivity contribution < 1.29 is 22.9 Å². The van der Waals surface area contributed by atoms with E-state index in [-0.39, 0.29) is 33.1 Å². The van der Waals surface area contributed by atoms with Crippen LogP contribution in [-0.4, -0.2) is 31.9 Å². The Kier molecular flexibility index (Phi) is 6.95. The summed E-state index contributed by atoms with van der Waals surface area (Å²) in [4.78, 5) is 22.1. The molecule has 28 heavy (non-hydrogen) atoms. The van der Waals surface area contributed by atoms with Crippen LogP contribution in [0.3, 0.4) is 0 Å². The minimum Gasteiger partial charge on any atom is -0.482 e. The Hall–Kier alpha value is -2.69. The first-order valence-electron chi connectivity index (χ1n) is 8.07. The lowest BCUT2D eigenvalue weighted by molar-refractivity contribution is -0.384. The molecule has 0 aliphatic heterocycles. The van der Waals surface area contributed by atoms with Gasteiger partial charge in [0.05, 0.1) is 14.8 Å². The third-order valence-corrected chi connectivity index (χ3v) is 5.26. The van der Waals surface area contributed by atoms with Crippen molar-refractivity contribution in [1.29, 1.82) is 0 Å². The van der Waals surface area contributed by atoms with Crippen LogP contribution in [0.2, 0.25) is 5.02 Å². The number of carbonyl (C=O) groups excluding carboxylic acids is 1. The molecule has 0 unspecified atom stereocenters. The molecule has 0 heterocycles. The highest BCUT2D eigenvalue weighted by atomic mass is 35.5. The summed E-state index contributed by atoms with van der Waals surface area (Å²) >= 11 is 6.05. The molecule has 0 radical (unpaired) electrons. The average Bonchev–Trinajstić information content (AvgIpc) is 2.59. The van der Waals surface area contributed by atoms with E-state index in [0.29, 0.717) is 0 Å². The van der Waals surface area contributed by atoms with Crippen LogP contribution in [0.4, 0.5) is 11.4 Å². The predicted octanol–water partition coefficient (Wildman–Crippen LogP) is 2.95. The molecule has 0 saturated heterocycles. The van der Waals surface area contributed by atoms with Crippen molar-refractivity contribution in [1.82, 2.24) is 4.72 Å². The predicted molar refractivity (Wildman–Crippen MR) is 104 cm³/mol. The van der Waals surface area contributed by atoms with E-state index in [1.807, 2.05) is 0 Å². The summed E-state index contributed by atoms with van der Waals surface area (Å²) in [6.07, 6.45) is 0. The number of rotatable bonds is 8. The van der Waals surface area contributed by atoms with Gasteiger partial charge in [0.25, 0.3) is 11.6 Å². The van der Waals surface area contributed by atoms with Gasteiger partial charge in [-0.1, -0.05) is 17.7 Å². The highest BCUT2D eigenvalue weighted by Crippen LogP contribution is 2.27. The summed E-state index contributed by atoms with van der Waals surface area (Å²) in [5.41, 5.74) is 0.0867. The van der Waals surface area contributed by atoms with Gasteiger partial charge in [-0.15, -0.1) is 0 Å². The molecular weight excluding hydrogens is 410 g/mol. The van der Waals surface area contributed by atoms with Gasteiger partial charge in [0.15, 0.2) is 6.61 Å². The normalized spacial score (nSPS) is 11.3. The molecule has 2 rings (SSSR count). The SMILES string of the molecule is CC(C)NS(=O)(=O)c1ccc(OCC(=O)Nc2cccc([N+](=O)[O-])c2)c(Cl)c1. The molecule has 0 aromatic heterocycles. The number of anilines is 1. The van der Waals surface area contributed by atoms with Crippen LogP contribution in [0.25, 0.3) is 0 Å². The number of nitro benzene ring substituents is 1. The van der Waals surface area contributed by atoms with E-state index in [2.05, 4.69) is 10.0 Å². The lowest BCUT2D eigenvalue weighted by Gasteiger charge is -2.12. The third kappa shape index (κ3) is 5.91. The largest absolute Gasteiger partial charge is 0.482 e. The van der Waals surface area contributed by atoms with Crippen LogP contribution in [0, 0.1) is 10.1 Å². The Morgan fingerprint density at radius 2 is 1.96 bits per heavy atom. The molecule has 0 fully saturated rings. The number of sulfonamides is 1. The zero-order valence-electron chi connectivity index (χ0n) is 15.0. The van der Waals surface area contributed by atoms with Gasteiger partial charge in [0.1, 0.15) is 5.75 Å².